The molecule has 0 bridgehead atoms. The summed E-state index contributed by atoms with van der Waals surface area (Å²) in [6.07, 6.45) is 22.4. The molecule has 6 rings (SSSR count). The van der Waals surface area contributed by atoms with E-state index in [0.717, 1.165) is 11.8 Å². The number of hydrogen-bond acceptors (Lipinski definition) is 2. The first kappa shape index (κ1) is 24.2. The van der Waals surface area contributed by atoms with E-state index in [1.807, 2.05) is 51.6 Å². The summed E-state index contributed by atoms with van der Waals surface area (Å²) in [5.41, 5.74) is 3.82. The summed E-state index contributed by atoms with van der Waals surface area (Å²) in [5, 5.41) is 2.45. The molecule has 0 radical (unpaired) electrons. The van der Waals surface area contributed by atoms with Crippen molar-refractivity contribution < 1.29 is 4.74 Å². The molecule has 1 aromatic carbocycles. The number of hydrogen-bond donors (Lipinski definition) is 0. The minimum absolute atomic E-state index is 0.0356. The monoisotopic (exact) mass is 445 g/mol. The molecule has 2 heteroatoms. The number of aromatic nitrogens is 1. The molecule has 2 fully saturated rings. The van der Waals surface area contributed by atoms with Crippen LogP contribution in [0.1, 0.15) is 85.0 Å². The van der Waals surface area contributed by atoms with Crippen LogP contribution in [0.4, 0.5) is 0 Å². The van der Waals surface area contributed by atoms with Gasteiger partial charge < -0.3 is 4.74 Å². The zero-order chi connectivity index (χ0) is 23.3. The van der Waals surface area contributed by atoms with Crippen LogP contribution in [0.3, 0.4) is 0 Å². The quantitative estimate of drug-likeness (QED) is 0.438. The van der Waals surface area contributed by atoms with Crippen molar-refractivity contribution in [3.05, 3.63) is 66.0 Å². The Morgan fingerprint density at radius 3 is 2.55 bits per heavy atom. The predicted octanol–water partition coefficient (Wildman–Crippen LogP) is 8.68. The van der Waals surface area contributed by atoms with E-state index in [1.54, 1.807) is 11.1 Å². The Morgan fingerprint density at radius 1 is 0.939 bits per heavy atom. The lowest BCUT2D eigenvalue weighted by Gasteiger charge is -2.49. The van der Waals surface area contributed by atoms with E-state index in [2.05, 4.69) is 36.2 Å². The van der Waals surface area contributed by atoms with Crippen molar-refractivity contribution in [2.75, 3.05) is 7.11 Å². The summed E-state index contributed by atoms with van der Waals surface area (Å²) in [5.74, 6) is 1.59. The molecule has 4 aliphatic rings. The average Bonchev–Trinajstić information content (AvgIpc) is 3.20. The Kier molecular flexibility index (Phi) is 7.74. The molecule has 178 valence electrons. The minimum atomic E-state index is 0.0356. The number of rotatable bonds is 1. The standard InChI is InChI=1S/C20H30O.C9H7N.C2H6/c1-19-11-5-8-18(19)20(21-2)13-9-15-6-3-4-7-16(15)14-17(20)10-12-19;1-2-4-9-7-10-6-5-8(9)3-1;1-2/h10,14-15,18H,3-9,11-13H2,1-2H3;1-7H;1-2H3/t15?,18?,19?,20-;;/m1../s1. The maximum atomic E-state index is 6.34. The third-order valence-corrected chi connectivity index (χ3v) is 8.83. The normalized spacial score (nSPS) is 32.4. The van der Waals surface area contributed by atoms with Gasteiger partial charge in [0.1, 0.15) is 0 Å². The van der Waals surface area contributed by atoms with Gasteiger partial charge in [-0.25, -0.2) is 0 Å². The minimum Gasteiger partial charge on any atom is -0.373 e. The van der Waals surface area contributed by atoms with Gasteiger partial charge in [0.05, 0.1) is 5.60 Å². The fourth-order valence-electron chi connectivity index (χ4n) is 7.10. The Bertz CT molecular complexity index is 926. The molecule has 1 heterocycles. The summed E-state index contributed by atoms with van der Waals surface area (Å²) >= 11 is 0. The van der Waals surface area contributed by atoms with Crippen molar-refractivity contribution in [3.63, 3.8) is 0 Å². The van der Waals surface area contributed by atoms with E-state index in [1.165, 1.54) is 75.0 Å². The van der Waals surface area contributed by atoms with E-state index in [0.29, 0.717) is 5.41 Å². The van der Waals surface area contributed by atoms with Crippen LogP contribution in [0.25, 0.3) is 10.8 Å². The van der Waals surface area contributed by atoms with Crippen molar-refractivity contribution in [2.45, 2.75) is 90.6 Å². The van der Waals surface area contributed by atoms with Crippen LogP contribution >= 0.6 is 0 Å². The molecular formula is C31H43NO. The van der Waals surface area contributed by atoms with Gasteiger partial charge in [-0.1, -0.05) is 75.6 Å². The average molecular weight is 446 g/mol. The van der Waals surface area contributed by atoms with Gasteiger partial charge >= 0.3 is 0 Å². The molecular weight excluding hydrogens is 402 g/mol. The second-order valence-corrected chi connectivity index (χ2v) is 10.5. The molecule has 2 nitrogen and oxygen atoms in total. The van der Waals surface area contributed by atoms with Crippen molar-refractivity contribution in [1.29, 1.82) is 0 Å². The fraction of sp³-hybridized carbons (Fsp3) is 0.581. The summed E-state index contributed by atoms with van der Waals surface area (Å²) in [7, 11) is 1.98. The molecule has 0 saturated heterocycles. The summed E-state index contributed by atoms with van der Waals surface area (Å²) in [6.45, 7) is 6.52. The number of nitrogens with zero attached hydrogens (tertiary/aromatic N) is 1. The van der Waals surface area contributed by atoms with Crippen LogP contribution in [0.15, 0.2) is 66.0 Å². The molecule has 4 aliphatic carbocycles. The zero-order valence-electron chi connectivity index (χ0n) is 21.3. The number of fused-ring (bicyclic) bond motifs is 5. The molecule has 0 N–H and O–H groups in total. The molecule has 2 aromatic rings. The Labute approximate surface area is 201 Å². The van der Waals surface area contributed by atoms with Crippen LogP contribution in [0.5, 0.6) is 0 Å². The van der Waals surface area contributed by atoms with Gasteiger partial charge in [-0.15, -0.1) is 0 Å². The van der Waals surface area contributed by atoms with E-state index in [-0.39, 0.29) is 5.60 Å². The second-order valence-electron chi connectivity index (χ2n) is 10.5. The van der Waals surface area contributed by atoms with E-state index in [9.17, 15) is 0 Å². The predicted molar refractivity (Wildman–Crippen MR) is 140 cm³/mol. The number of pyridine rings is 1. The maximum Gasteiger partial charge on any atom is 0.0957 e. The summed E-state index contributed by atoms with van der Waals surface area (Å²) in [6, 6.07) is 10.2. The number of methoxy groups -OCH3 is 1. The largest absolute Gasteiger partial charge is 0.373 e. The van der Waals surface area contributed by atoms with Crippen LogP contribution in [0.2, 0.25) is 0 Å². The van der Waals surface area contributed by atoms with Gasteiger partial charge in [-0.3, -0.25) is 4.98 Å². The first-order valence-corrected chi connectivity index (χ1v) is 13.4. The van der Waals surface area contributed by atoms with Crippen LogP contribution in [-0.2, 0) is 4.74 Å². The van der Waals surface area contributed by atoms with Gasteiger partial charge in [-0.05, 0) is 91.0 Å². The summed E-state index contributed by atoms with van der Waals surface area (Å²) in [4.78, 5) is 4.01. The van der Waals surface area contributed by atoms with Crippen LogP contribution in [0, 0.1) is 17.3 Å². The Hall–Kier alpha value is -1.93. The zero-order valence-corrected chi connectivity index (χ0v) is 21.3. The number of allylic oxidation sites excluding steroid dienone is 2. The van der Waals surface area contributed by atoms with E-state index >= 15 is 0 Å². The van der Waals surface area contributed by atoms with Crippen LogP contribution < -0.4 is 0 Å². The highest BCUT2D eigenvalue weighted by atomic mass is 16.5. The molecule has 2 saturated carbocycles. The highest BCUT2D eigenvalue weighted by molar-refractivity contribution is 5.80. The lowest BCUT2D eigenvalue weighted by Crippen LogP contribution is -2.49. The molecule has 3 unspecified atom stereocenters. The highest BCUT2D eigenvalue weighted by Crippen LogP contribution is 2.60. The molecule has 0 aliphatic heterocycles. The second kappa shape index (κ2) is 10.6. The van der Waals surface area contributed by atoms with Crippen molar-refractivity contribution in [1.82, 2.24) is 4.98 Å². The van der Waals surface area contributed by atoms with Gasteiger partial charge in [-0.2, -0.15) is 0 Å². The van der Waals surface area contributed by atoms with Gasteiger partial charge in [0, 0.05) is 19.5 Å². The maximum absolute atomic E-state index is 6.34. The molecule has 1 aromatic heterocycles. The van der Waals surface area contributed by atoms with Gasteiger partial charge in [0.15, 0.2) is 0 Å². The smallest absolute Gasteiger partial charge is 0.0957 e. The van der Waals surface area contributed by atoms with Crippen molar-refractivity contribution >= 4 is 10.8 Å². The fourth-order valence-corrected chi connectivity index (χ4v) is 7.10. The third-order valence-electron chi connectivity index (χ3n) is 8.83. The summed E-state index contributed by atoms with van der Waals surface area (Å²) < 4.78 is 6.34. The van der Waals surface area contributed by atoms with Crippen molar-refractivity contribution in [3.8, 4) is 0 Å². The first-order valence-electron chi connectivity index (χ1n) is 13.4. The van der Waals surface area contributed by atoms with Gasteiger partial charge in [0.25, 0.3) is 0 Å². The third kappa shape index (κ3) is 4.69. The Morgan fingerprint density at radius 2 is 1.76 bits per heavy atom. The topological polar surface area (TPSA) is 22.1 Å². The van der Waals surface area contributed by atoms with Crippen molar-refractivity contribution in [2.24, 2.45) is 17.3 Å². The Balaban J connectivity index is 0.000000181. The lowest BCUT2D eigenvalue weighted by atomic mass is 9.61. The van der Waals surface area contributed by atoms with E-state index < -0.39 is 0 Å². The first-order chi connectivity index (χ1) is 16.1. The molecule has 4 atom stereocenters. The van der Waals surface area contributed by atoms with Gasteiger partial charge in [0.2, 0.25) is 0 Å². The number of ether oxygens (including phenoxy) is 1. The lowest BCUT2D eigenvalue weighted by molar-refractivity contribution is -0.0748. The SMILES string of the molecule is CC.CO[C@]12CCC3CCCCC3=CC1=CCC1(C)CCCC12.c1ccc2cnccc2c1. The van der Waals surface area contributed by atoms with E-state index in [4.69, 9.17) is 4.74 Å². The molecule has 0 amide bonds. The molecule has 0 spiro atoms. The van der Waals surface area contributed by atoms with Crippen LogP contribution in [-0.4, -0.2) is 17.7 Å². The number of benzene rings is 1. The highest BCUT2D eigenvalue weighted by Gasteiger charge is 2.55. The molecule has 33 heavy (non-hydrogen) atoms.